The van der Waals surface area contributed by atoms with Crippen molar-refractivity contribution in [3.05, 3.63) is 63.6 Å². The standard InChI is InChI=1S/C19H17ClN2O4/c1-10-17(12(3)23)11(2)21-18(10)19(24)25-9-15-8-16(22-26-15)13-4-6-14(20)7-5-13/h4-8,21H,9H2,1-3H3. The Morgan fingerprint density at radius 2 is 1.92 bits per heavy atom. The summed E-state index contributed by atoms with van der Waals surface area (Å²) in [7, 11) is 0. The summed E-state index contributed by atoms with van der Waals surface area (Å²) >= 11 is 5.87. The average Bonchev–Trinajstić information content (AvgIpc) is 3.18. The molecule has 6 nitrogen and oxygen atoms in total. The van der Waals surface area contributed by atoms with Gasteiger partial charge in [0.05, 0.1) is 0 Å². The van der Waals surface area contributed by atoms with Gasteiger partial charge in [0.1, 0.15) is 11.4 Å². The number of carbonyl (C=O) groups excluding carboxylic acids is 2. The fourth-order valence-corrected chi connectivity index (χ4v) is 2.95. The highest BCUT2D eigenvalue weighted by Crippen LogP contribution is 2.23. The molecule has 2 heterocycles. The number of ether oxygens (including phenoxy) is 1. The summed E-state index contributed by atoms with van der Waals surface area (Å²) in [6, 6.07) is 8.86. The number of Topliss-reactive ketones (excluding diaryl/α,β-unsaturated/α-hetero) is 1. The minimum Gasteiger partial charge on any atom is -0.453 e. The maximum Gasteiger partial charge on any atom is 0.355 e. The molecule has 0 aliphatic rings. The zero-order valence-corrected chi connectivity index (χ0v) is 15.3. The normalized spacial score (nSPS) is 10.8. The Morgan fingerprint density at radius 3 is 2.54 bits per heavy atom. The second-order valence-corrected chi connectivity index (χ2v) is 6.38. The van der Waals surface area contributed by atoms with Gasteiger partial charge in [-0.05, 0) is 38.5 Å². The number of nitrogens with zero attached hydrogens (tertiary/aromatic N) is 1. The number of hydrogen-bond donors (Lipinski definition) is 1. The topological polar surface area (TPSA) is 85.2 Å². The van der Waals surface area contributed by atoms with E-state index < -0.39 is 5.97 Å². The fourth-order valence-electron chi connectivity index (χ4n) is 2.83. The van der Waals surface area contributed by atoms with Crippen LogP contribution in [-0.4, -0.2) is 21.9 Å². The number of aryl methyl sites for hydroxylation is 1. The predicted octanol–water partition coefficient (Wildman–Crippen LogP) is 4.50. The van der Waals surface area contributed by atoms with Crippen LogP contribution in [0.25, 0.3) is 11.3 Å². The van der Waals surface area contributed by atoms with Crippen molar-refractivity contribution in [2.24, 2.45) is 0 Å². The van der Waals surface area contributed by atoms with E-state index in [1.54, 1.807) is 32.0 Å². The number of aromatic amines is 1. The largest absolute Gasteiger partial charge is 0.453 e. The number of nitrogens with one attached hydrogen (secondary N) is 1. The molecule has 7 heteroatoms. The lowest BCUT2D eigenvalue weighted by molar-refractivity contribution is 0.0430. The van der Waals surface area contributed by atoms with Crippen LogP contribution in [0.2, 0.25) is 5.02 Å². The third-order valence-electron chi connectivity index (χ3n) is 4.04. The van der Waals surface area contributed by atoms with Crippen LogP contribution in [0.5, 0.6) is 0 Å². The molecule has 0 fully saturated rings. The number of esters is 1. The maximum atomic E-state index is 12.3. The molecule has 0 atom stereocenters. The minimum absolute atomic E-state index is 0.0632. The van der Waals surface area contributed by atoms with Crippen molar-refractivity contribution in [3.8, 4) is 11.3 Å². The Labute approximate surface area is 155 Å². The zero-order valence-electron chi connectivity index (χ0n) is 14.6. The monoisotopic (exact) mass is 372 g/mol. The number of benzene rings is 1. The summed E-state index contributed by atoms with van der Waals surface area (Å²) in [5.41, 5.74) is 3.48. The van der Waals surface area contributed by atoms with Crippen LogP contribution >= 0.6 is 11.6 Å². The fraction of sp³-hybridized carbons (Fsp3) is 0.211. The SMILES string of the molecule is CC(=O)c1c(C)[nH]c(C(=O)OCc2cc(-c3ccc(Cl)cc3)no2)c1C. The molecule has 0 amide bonds. The van der Waals surface area contributed by atoms with Gasteiger partial charge in [-0.25, -0.2) is 4.79 Å². The molecule has 0 saturated carbocycles. The molecule has 0 spiro atoms. The second kappa shape index (κ2) is 7.17. The summed E-state index contributed by atoms with van der Waals surface area (Å²) < 4.78 is 10.5. The van der Waals surface area contributed by atoms with Gasteiger partial charge in [-0.15, -0.1) is 0 Å². The lowest BCUT2D eigenvalue weighted by Gasteiger charge is -2.02. The Morgan fingerprint density at radius 1 is 1.23 bits per heavy atom. The van der Waals surface area contributed by atoms with Crippen LogP contribution < -0.4 is 0 Å². The van der Waals surface area contributed by atoms with E-state index in [2.05, 4.69) is 10.1 Å². The van der Waals surface area contributed by atoms with Crippen molar-refractivity contribution < 1.29 is 18.8 Å². The molecule has 0 bridgehead atoms. The van der Waals surface area contributed by atoms with Crippen molar-refractivity contribution in [1.82, 2.24) is 10.1 Å². The Balaban J connectivity index is 1.70. The minimum atomic E-state index is -0.553. The van der Waals surface area contributed by atoms with Crippen LogP contribution in [0.15, 0.2) is 34.9 Å². The van der Waals surface area contributed by atoms with Gasteiger partial charge in [-0.1, -0.05) is 28.9 Å². The highest BCUT2D eigenvalue weighted by atomic mass is 35.5. The van der Waals surface area contributed by atoms with Gasteiger partial charge < -0.3 is 14.2 Å². The van der Waals surface area contributed by atoms with Gasteiger partial charge in [-0.3, -0.25) is 4.79 Å². The molecule has 1 aromatic carbocycles. The summed E-state index contributed by atoms with van der Waals surface area (Å²) in [5.74, 6) is -0.239. The molecule has 0 unspecified atom stereocenters. The van der Waals surface area contributed by atoms with Crippen molar-refractivity contribution in [3.63, 3.8) is 0 Å². The smallest absolute Gasteiger partial charge is 0.355 e. The van der Waals surface area contributed by atoms with E-state index in [0.717, 1.165) is 5.56 Å². The summed E-state index contributed by atoms with van der Waals surface area (Å²) in [4.78, 5) is 26.9. The highest BCUT2D eigenvalue weighted by Gasteiger charge is 2.21. The molecule has 0 saturated heterocycles. The van der Waals surface area contributed by atoms with Crippen LogP contribution in [0.4, 0.5) is 0 Å². The van der Waals surface area contributed by atoms with Gasteiger partial charge >= 0.3 is 5.97 Å². The molecule has 0 radical (unpaired) electrons. The quantitative estimate of drug-likeness (QED) is 0.526. The van der Waals surface area contributed by atoms with E-state index in [-0.39, 0.29) is 18.1 Å². The molecule has 134 valence electrons. The van der Waals surface area contributed by atoms with Gasteiger partial charge in [0.25, 0.3) is 0 Å². The number of aromatic nitrogens is 2. The molecular weight excluding hydrogens is 356 g/mol. The van der Waals surface area contributed by atoms with E-state index in [1.807, 2.05) is 12.1 Å². The molecular formula is C19H17ClN2O4. The number of ketones is 1. The van der Waals surface area contributed by atoms with E-state index >= 15 is 0 Å². The Kier molecular flexibility index (Phi) is 4.95. The van der Waals surface area contributed by atoms with Gasteiger partial charge in [0, 0.05) is 27.9 Å². The highest BCUT2D eigenvalue weighted by molar-refractivity contribution is 6.30. The third-order valence-corrected chi connectivity index (χ3v) is 4.29. The van der Waals surface area contributed by atoms with E-state index in [4.69, 9.17) is 20.9 Å². The van der Waals surface area contributed by atoms with Gasteiger partial charge in [-0.2, -0.15) is 0 Å². The van der Waals surface area contributed by atoms with Gasteiger partial charge in [0.15, 0.2) is 18.2 Å². The first-order chi connectivity index (χ1) is 12.4. The van der Waals surface area contributed by atoms with E-state index in [9.17, 15) is 9.59 Å². The van der Waals surface area contributed by atoms with Crippen LogP contribution in [0, 0.1) is 13.8 Å². The number of hydrogen-bond acceptors (Lipinski definition) is 5. The summed E-state index contributed by atoms with van der Waals surface area (Å²) in [5, 5.41) is 4.60. The molecule has 0 aliphatic heterocycles. The first-order valence-electron chi connectivity index (χ1n) is 7.95. The molecule has 0 aliphatic carbocycles. The number of rotatable bonds is 5. The molecule has 26 heavy (non-hydrogen) atoms. The average molecular weight is 373 g/mol. The van der Waals surface area contributed by atoms with Crippen molar-refractivity contribution in [1.29, 1.82) is 0 Å². The second-order valence-electron chi connectivity index (χ2n) is 5.94. The van der Waals surface area contributed by atoms with Crippen molar-refractivity contribution in [2.45, 2.75) is 27.4 Å². The van der Waals surface area contributed by atoms with E-state index in [0.29, 0.717) is 33.3 Å². The lowest BCUT2D eigenvalue weighted by atomic mass is 10.1. The van der Waals surface area contributed by atoms with Crippen LogP contribution in [0.3, 0.4) is 0 Å². The van der Waals surface area contributed by atoms with Crippen LogP contribution in [-0.2, 0) is 11.3 Å². The van der Waals surface area contributed by atoms with Crippen molar-refractivity contribution in [2.75, 3.05) is 0 Å². The Bertz CT molecular complexity index is 970. The third kappa shape index (κ3) is 3.55. The molecule has 3 aromatic rings. The summed E-state index contributed by atoms with van der Waals surface area (Å²) in [6.07, 6.45) is 0. The maximum absolute atomic E-state index is 12.3. The number of H-pyrrole nitrogens is 1. The first-order valence-corrected chi connectivity index (χ1v) is 8.33. The summed E-state index contributed by atoms with van der Waals surface area (Å²) in [6.45, 7) is 4.86. The number of halogens is 1. The first kappa shape index (κ1) is 17.9. The number of carbonyl (C=O) groups is 2. The zero-order chi connectivity index (χ0) is 18.8. The predicted molar refractivity (Wildman–Crippen MR) is 96.3 cm³/mol. The Hall–Kier alpha value is -2.86. The molecule has 1 N–H and O–H groups in total. The van der Waals surface area contributed by atoms with Crippen molar-refractivity contribution >= 4 is 23.4 Å². The lowest BCUT2D eigenvalue weighted by Crippen LogP contribution is -2.07. The van der Waals surface area contributed by atoms with Gasteiger partial charge in [0.2, 0.25) is 0 Å². The van der Waals surface area contributed by atoms with Crippen LogP contribution in [0.1, 0.15) is 44.8 Å². The molecule has 2 aromatic heterocycles. The van der Waals surface area contributed by atoms with E-state index in [1.165, 1.54) is 6.92 Å². The molecule has 3 rings (SSSR count).